The van der Waals surface area contributed by atoms with Crippen molar-refractivity contribution in [1.29, 1.82) is 0 Å². The van der Waals surface area contributed by atoms with E-state index in [4.69, 9.17) is 0 Å². The highest BCUT2D eigenvalue weighted by Gasteiger charge is 1.95. The largest absolute Gasteiger partial charge is 0.286 e. The van der Waals surface area contributed by atoms with Crippen molar-refractivity contribution in [2.45, 2.75) is 32.4 Å². The van der Waals surface area contributed by atoms with Gasteiger partial charge in [-0.15, -0.1) is 0 Å². The summed E-state index contributed by atoms with van der Waals surface area (Å²) >= 11 is 0. The fraction of sp³-hybridized carbons (Fsp3) is 0.750. The Balaban J connectivity index is 2.95. The van der Waals surface area contributed by atoms with Crippen molar-refractivity contribution < 1.29 is 5.11 Å². The second-order valence-electron chi connectivity index (χ2n) is 2.32. The SMILES string of the molecule is C=CC([O])NCCCCC. The van der Waals surface area contributed by atoms with Gasteiger partial charge in [0.1, 0.15) is 0 Å². The summed E-state index contributed by atoms with van der Waals surface area (Å²) in [6.45, 7) is 6.34. The fourth-order valence-electron chi connectivity index (χ4n) is 0.703. The van der Waals surface area contributed by atoms with Crippen LogP contribution in [0.1, 0.15) is 26.2 Å². The Kier molecular flexibility index (Phi) is 6.55. The lowest BCUT2D eigenvalue weighted by molar-refractivity contribution is 0.0997. The van der Waals surface area contributed by atoms with Crippen LogP contribution in [-0.2, 0) is 5.11 Å². The van der Waals surface area contributed by atoms with E-state index in [0.717, 1.165) is 13.0 Å². The Morgan fingerprint density at radius 2 is 2.30 bits per heavy atom. The third-order valence-electron chi connectivity index (χ3n) is 1.34. The number of rotatable bonds is 6. The lowest BCUT2D eigenvalue weighted by atomic mass is 10.2. The highest BCUT2D eigenvalue weighted by molar-refractivity contribution is 4.74. The Morgan fingerprint density at radius 1 is 1.60 bits per heavy atom. The molecule has 2 nitrogen and oxygen atoms in total. The molecule has 2 heteroatoms. The molecule has 0 saturated carbocycles. The van der Waals surface area contributed by atoms with Gasteiger partial charge in [0.2, 0.25) is 0 Å². The Bertz CT molecular complexity index is 83.3. The molecule has 0 aromatic carbocycles. The fourth-order valence-corrected chi connectivity index (χ4v) is 0.703. The zero-order chi connectivity index (χ0) is 7.82. The molecular weight excluding hydrogens is 126 g/mol. The molecular formula is C8H16NO. The van der Waals surface area contributed by atoms with E-state index in [1.807, 2.05) is 0 Å². The minimum atomic E-state index is -0.781. The van der Waals surface area contributed by atoms with E-state index in [9.17, 15) is 5.11 Å². The van der Waals surface area contributed by atoms with Crippen LogP contribution in [0.15, 0.2) is 12.7 Å². The van der Waals surface area contributed by atoms with E-state index in [1.165, 1.54) is 18.9 Å². The Labute approximate surface area is 62.9 Å². The van der Waals surface area contributed by atoms with Crippen LogP contribution in [0.4, 0.5) is 0 Å². The van der Waals surface area contributed by atoms with Crippen LogP contribution >= 0.6 is 0 Å². The highest BCUT2D eigenvalue weighted by Crippen LogP contribution is 1.91. The van der Waals surface area contributed by atoms with Gasteiger partial charge in [0.05, 0.1) is 0 Å². The quantitative estimate of drug-likeness (QED) is 0.342. The molecule has 59 valence electrons. The van der Waals surface area contributed by atoms with Crippen molar-refractivity contribution in [2.75, 3.05) is 6.54 Å². The van der Waals surface area contributed by atoms with E-state index in [0.29, 0.717) is 0 Å². The van der Waals surface area contributed by atoms with Gasteiger partial charge in [-0.05, 0) is 19.0 Å². The van der Waals surface area contributed by atoms with Crippen LogP contribution < -0.4 is 5.32 Å². The van der Waals surface area contributed by atoms with E-state index in [1.54, 1.807) is 0 Å². The predicted octanol–water partition coefficient (Wildman–Crippen LogP) is 1.71. The summed E-state index contributed by atoms with van der Waals surface area (Å²) in [5.41, 5.74) is 0. The smallest absolute Gasteiger partial charge is 0.162 e. The number of hydrogen-bond donors (Lipinski definition) is 1. The first-order valence-corrected chi connectivity index (χ1v) is 3.83. The summed E-state index contributed by atoms with van der Waals surface area (Å²) in [6.07, 6.45) is 4.07. The lowest BCUT2D eigenvalue weighted by Gasteiger charge is -2.04. The first-order chi connectivity index (χ1) is 4.81. The maximum Gasteiger partial charge on any atom is 0.162 e. The van der Waals surface area contributed by atoms with Crippen molar-refractivity contribution in [3.8, 4) is 0 Å². The average molecular weight is 142 g/mol. The summed E-state index contributed by atoms with van der Waals surface area (Å²) in [5, 5.41) is 13.4. The molecule has 0 saturated heterocycles. The minimum absolute atomic E-state index is 0.781. The van der Waals surface area contributed by atoms with E-state index < -0.39 is 6.23 Å². The van der Waals surface area contributed by atoms with Gasteiger partial charge >= 0.3 is 0 Å². The summed E-state index contributed by atoms with van der Waals surface area (Å²) in [7, 11) is 0. The van der Waals surface area contributed by atoms with Gasteiger partial charge in [-0.2, -0.15) is 0 Å². The van der Waals surface area contributed by atoms with Gasteiger partial charge in [-0.25, -0.2) is 5.11 Å². The molecule has 0 amide bonds. The van der Waals surface area contributed by atoms with Crippen LogP contribution in [0, 0.1) is 0 Å². The molecule has 1 radical (unpaired) electrons. The number of hydrogen-bond acceptors (Lipinski definition) is 1. The Morgan fingerprint density at radius 3 is 2.80 bits per heavy atom. The van der Waals surface area contributed by atoms with Gasteiger partial charge < -0.3 is 0 Å². The standard InChI is InChI=1S/C8H16NO/c1-3-5-6-7-9-8(10)4-2/h4,8-9H,2-3,5-7H2,1H3. The predicted molar refractivity (Wildman–Crippen MR) is 42.2 cm³/mol. The van der Waals surface area contributed by atoms with Crippen molar-refractivity contribution in [3.63, 3.8) is 0 Å². The third-order valence-corrected chi connectivity index (χ3v) is 1.34. The molecule has 10 heavy (non-hydrogen) atoms. The average Bonchev–Trinajstić information content (AvgIpc) is 1.98. The summed E-state index contributed by atoms with van der Waals surface area (Å²) in [5.74, 6) is 0. The molecule has 1 N–H and O–H groups in total. The third kappa shape index (κ3) is 5.79. The van der Waals surface area contributed by atoms with E-state index in [-0.39, 0.29) is 0 Å². The molecule has 0 rings (SSSR count). The van der Waals surface area contributed by atoms with Crippen LogP contribution in [0.3, 0.4) is 0 Å². The zero-order valence-corrected chi connectivity index (χ0v) is 6.60. The van der Waals surface area contributed by atoms with Gasteiger partial charge in [0.25, 0.3) is 0 Å². The summed E-state index contributed by atoms with van der Waals surface area (Å²) in [6, 6.07) is 0. The molecule has 0 fully saturated rings. The minimum Gasteiger partial charge on any atom is -0.286 e. The molecule has 0 bridgehead atoms. The first kappa shape index (κ1) is 9.66. The van der Waals surface area contributed by atoms with Gasteiger partial charge in [-0.1, -0.05) is 26.3 Å². The second kappa shape index (κ2) is 6.78. The van der Waals surface area contributed by atoms with E-state index >= 15 is 0 Å². The molecule has 0 aromatic rings. The number of unbranched alkanes of at least 4 members (excludes halogenated alkanes) is 2. The molecule has 0 aliphatic carbocycles. The molecule has 0 heterocycles. The Hall–Kier alpha value is -0.340. The monoisotopic (exact) mass is 142 g/mol. The lowest BCUT2D eigenvalue weighted by Crippen LogP contribution is -2.25. The molecule has 0 aliphatic heterocycles. The van der Waals surface area contributed by atoms with Crippen molar-refractivity contribution in [1.82, 2.24) is 5.32 Å². The number of nitrogens with one attached hydrogen (secondary N) is 1. The van der Waals surface area contributed by atoms with Crippen LogP contribution in [-0.4, -0.2) is 12.8 Å². The summed E-state index contributed by atoms with van der Waals surface area (Å²) < 4.78 is 0. The summed E-state index contributed by atoms with van der Waals surface area (Å²) in [4.78, 5) is 0. The van der Waals surface area contributed by atoms with Crippen molar-refractivity contribution in [2.24, 2.45) is 0 Å². The molecule has 1 unspecified atom stereocenters. The molecule has 0 aliphatic rings. The molecule has 0 aromatic heterocycles. The van der Waals surface area contributed by atoms with E-state index in [2.05, 4.69) is 18.8 Å². The van der Waals surface area contributed by atoms with Gasteiger partial charge in [-0.3, -0.25) is 5.32 Å². The van der Waals surface area contributed by atoms with Gasteiger partial charge in [0, 0.05) is 0 Å². The first-order valence-electron chi connectivity index (χ1n) is 3.83. The maximum atomic E-state index is 10.6. The van der Waals surface area contributed by atoms with Crippen molar-refractivity contribution in [3.05, 3.63) is 12.7 Å². The molecule has 1 atom stereocenters. The van der Waals surface area contributed by atoms with Crippen LogP contribution in [0.5, 0.6) is 0 Å². The second-order valence-corrected chi connectivity index (χ2v) is 2.32. The van der Waals surface area contributed by atoms with Gasteiger partial charge in [0.15, 0.2) is 6.23 Å². The van der Waals surface area contributed by atoms with Crippen molar-refractivity contribution >= 4 is 0 Å². The maximum absolute atomic E-state index is 10.6. The topological polar surface area (TPSA) is 31.9 Å². The zero-order valence-electron chi connectivity index (χ0n) is 6.60. The normalized spacial score (nSPS) is 13.0. The molecule has 0 spiro atoms. The van der Waals surface area contributed by atoms with Crippen LogP contribution in [0.25, 0.3) is 0 Å². The highest BCUT2D eigenvalue weighted by atomic mass is 16.3. The van der Waals surface area contributed by atoms with Crippen LogP contribution in [0.2, 0.25) is 0 Å².